The number of ether oxygens (including phenoxy) is 1. The molecular weight excluding hydrogens is 369 g/mol. The number of nitrogens with zero attached hydrogens (tertiary/aromatic N) is 3. The maximum absolute atomic E-state index is 13.7. The molecule has 1 aromatic carbocycles. The van der Waals surface area contributed by atoms with Crippen LogP contribution in [0.2, 0.25) is 0 Å². The van der Waals surface area contributed by atoms with E-state index in [0.717, 1.165) is 43.1 Å². The summed E-state index contributed by atoms with van der Waals surface area (Å²) in [4.78, 5) is 21.4. The quantitative estimate of drug-likeness (QED) is 0.499. The minimum Gasteiger partial charge on any atom is -0.426 e. The van der Waals surface area contributed by atoms with Gasteiger partial charge in [0.25, 0.3) is 0 Å². The fourth-order valence-corrected chi connectivity index (χ4v) is 3.47. The zero-order chi connectivity index (χ0) is 20.6. The number of carbonyl (C=O) groups is 1. The highest BCUT2D eigenvalue weighted by atomic mass is 19.1. The molecule has 0 saturated heterocycles. The summed E-state index contributed by atoms with van der Waals surface area (Å²) in [7, 11) is 0. The lowest BCUT2D eigenvalue weighted by Gasteiger charge is -2.26. The van der Waals surface area contributed by atoms with Gasteiger partial charge in [0, 0.05) is 29.9 Å². The summed E-state index contributed by atoms with van der Waals surface area (Å²) in [5, 5.41) is 8.77. The number of allylic oxidation sites excluding steroid dienone is 1. The van der Waals surface area contributed by atoms with E-state index in [4.69, 9.17) is 10.00 Å². The van der Waals surface area contributed by atoms with E-state index >= 15 is 0 Å². The molecule has 0 amide bonds. The van der Waals surface area contributed by atoms with Crippen molar-refractivity contribution in [3.8, 4) is 11.8 Å². The summed E-state index contributed by atoms with van der Waals surface area (Å²) in [5.74, 6) is -0.0832. The van der Waals surface area contributed by atoms with Crippen LogP contribution in [0, 0.1) is 23.1 Å². The molecule has 1 aliphatic carbocycles. The second kappa shape index (κ2) is 9.92. The summed E-state index contributed by atoms with van der Waals surface area (Å²) >= 11 is 0. The third-order valence-corrected chi connectivity index (χ3v) is 5.16. The Morgan fingerprint density at radius 1 is 1.28 bits per heavy atom. The molecule has 2 aromatic rings. The number of aromatic nitrogens is 2. The minimum atomic E-state index is -0.688. The molecule has 1 fully saturated rings. The van der Waals surface area contributed by atoms with Crippen molar-refractivity contribution >= 4 is 12.0 Å². The summed E-state index contributed by atoms with van der Waals surface area (Å²) in [6.45, 7) is 2.14. The van der Waals surface area contributed by atoms with Gasteiger partial charge in [-0.1, -0.05) is 25.5 Å². The standard InChI is InChI=1S/C23H24FN3O2/c1-2-3-4-5-16-14-26-22(27-15-16)17-6-8-18(9-7-17)23(28)29-20-11-10-19(13-25)21(24)12-20/h4-5,10-12,14-15,17-18H,2-3,6-9H2,1H3. The smallest absolute Gasteiger partial charge is 0.314 e. The topological polar surface area (TPSA) is 75.9 Å². The van der Waals surface area contributed by atoms with Gasteiger partial charge in [0.05, 0.1) is 11.5 Å². The van der Waals surface area contributed by atoms with Crippen molar-refractivity contribution in [2.75, 3.05) is 0 Å². The molecule has 0 spiro atoms. The van der Waals surface area contributed by atoms with E-state index in [1.807, 2.05) is 18.5 Å². The van der Waals surface area contributed by atoms with Gasteiger partial charge in [0.2, 0.25) is 0 Å². The number of esters is 1. The predicted octanol–water partition coefficient (Wildman–Crippen LogP) is 5.18. The van der Waals surface area contributed by atoms with E-state index in [9.17, 15) is 9.18 Å². The zero-order valence-corrected chi connectivity index (χ0v) is 16.5. The number of hydrogen-bond donors (Lipinski definition) is 0. The van der Waals surface area contributed by atoms with Gasteiger partial charge in [-0.25, -0.2) is 14.4 Å². The molecule has 6 heteroatoms. The first-order chi connectivity index (χ1) is 14.1. The first-order valence-corrected chi connectivity index (χ1v) is 10.0. The van der Waals surface area contributed by atoms with E-state index in [0.29, 0.717) is 12.8 Å². The first-order valence-electron chi connectivity index (χ1n) is 10.0. The van der Waals surface area contributed by atoms with Gasteiger partial charge < -0.3 is 4.74 Å². The number of halogens is 1. The minimum absolute atomic E-state index is 0.0721. The normalized spacial score (nSPS) is 19.1. The summed E-state index contributed by atoms with van der Waals surface area (Å²) < 4.78 is 19.0. The lowest BCUT2D eigenvalue weighted by Crippen LogP contribution is -2.25. The third-order valence-electron chi connectivity index (χ3n) is 5.16. The Morgan fingerprint density at radius 2 is 2.00 bits per heavy atom. The molecule has 3 rings (SSSR count). The lowest BCUT2D eigenvalue weighted by atomic mass is 9.81. The maximum Gasteiger partial charge on any atom is 0.314 e. The van der Waals surface area contributed by atoms with Gasteiger partial charge in [0.1, 0.15) is 23.5 Å². The van der Waals surface area contributed by atoms with Crippen molar-refractivity contribution in [3.05, 3.63) is 59.4 Å². The fraction of sp³-hybridized carbons (Fsp3) is 0.391. The zero-order valence-electron chi connectivity index (χ0n) is 16.5. The monoisotopic (exact) mass is 393 g/mol. The van der Waals surface area contributed by atoms with Crippen LogP contribution in [0.5, 0.6) is 5.75 Å². The maximum atomic E-state index is 13.7. The second-order valence-corrected chi connectivity index (χ2v) is 7.29. The molecule has 0 atom stereocenters. The molecule has 0 aliphatic heterocycles. The van der Waals surface area contributed by atoms with Crippen molar-refractivity contribution in [3.63, 3.8) is 0 Å². The van der Waals surface area contributed by atoms with Gasteiger partial charge in [0.15, 0.2) is 0 Å². The van der Waals surface area contributed by atoms with Crippen molar-refractivity contribution in [1.29, 1.82) is 5.26 Å². The van der Waals surface area contributed by atoms with Crippen molar-refractivity contribution < 1.29 is 13.9 Å². The Labute approximate surface area is 170 Å². The molecule has 1 saturated carbocycles. The number of nitriles is 1. The lowest BCUT2D eigenvalue weighted by molar-refractivity contribution is -0.140. The number of unbranched alkanes of at least 4 members (excludes halogenated alkanes) is 1. The Hall–Kier alpha value is -3.07. The predicted molar refractivity (Wildman–Crippen MR) is 107 cm³/mol. The Bertz CT molecular complexity index is 911. The van der Waals surface area contributed by atoms with E-state index in [1.165, 1.54) is 12.1 Å². The molecule has 0 bridgehead atoms. The van der Waals surface area contributed by atoms with Crippen LogP contribution in [-0.2, 0) is 4.79 Å². The van der Waals surface area contributed by atoms with Crippen molar-refractivity contribution in [1.82, 2.24) is 9.97 Å². The van der Waals surface area contributed by atoms with Crippen LogP contribution in [0.4, 0.5) is 4.39 Å². The number of carbonyl (C=O) groups excluding carboxylic acids is 1. The molecule has 1 aliphatic rings. The van der Waals surface area contributed by atoms with Crippen LogP contribution in [0.25, 0.3) is 6.08 Å². The number of benzene rings is 1. The number of hydrogen-bond acceptors (Lipinski definition) is 5. The molecule has 5 nitrogen and oxygen atoms in total. The van der Waals surface area contributed by atoms with Crippen LogP contribution in [0.1, 0.15) is 68.3 Å². The highest BCUT2D eigenvalue weighted by Crippen LogP contribution is 2.35. The SMILES string of the molecule is CCCC=Cc1cnc(C2CCC(C(=O)Oc3ccc(C#N)c(F)c3)CC2)nc1. The molecule has 0 radical (unpaired) electrons. The highest BCUT2D eigenvalue weighted by Gasteiger charge is 2.29. The van der Waals surface area contributed by atoms with Crippen LogP contribution in [0.15, 0.2) is 36.7 Å². The van der Waals surface area contributed by atoms with E-state index in [1.54, 1.807) is 6.07 Å². The van der Waals surface area contributed by atoms with E-state index < -0.39 is 5.82 Å². The second-order valence-electron chi connectivity index (χ2n) is 7.29. The highest BCUT2D eigenvalue weighted by molar-refractivity contribution is 5.75. The van der Waals surface area contributed by atoms with Crippen LogP contribution in [0.3, 0.4) is 0 Å². The van der Waals surface area contributed by atoms with Gasteiger partial charge in [-0.2, -0.15) is 5.26 Å². The third kappa shape index (κ3) is 5.47. The van der Waals surface area contributed by atoms with Gasteiger partial charge in [-0.3, -0.25) is 4.79 Å². The van der Waals surface area contributed by atoms with Crippen molar-refractivity contribution in [2.24, 2.45) is 5.92 Å². The van der Waals surface area contributed by atoms with Gasteiger partial charge in [-0.05, 0) is 44.2 Å². The molecule has 0 N–H and O–H groups in total. The average molecular weight is 393 g/mol. The fourth-order valence-electron chi connectivity index (χ4n) is 3.47. The molecule has 1 aromatic heterocycles. The summed E-state index contributed by atoms with van der Waals surface area (Å²) in [6, 6.07) is 5.57. The summed E-state index contributed by atoms with van der Waals surface area (Å²) in [5.41, 5.74) is 0.922. The molecule has 29 heavy (non-hydrogen) atoms. The van der Waals surface area contributed by atoms with E-state index in [2.05, 4.69) is 23.0 Å². The first kappa shape index (κ1) is 20.7. The van der Waals surface area contributed by atoms with Crippen molar-refractivity contribution in [2.45, 2.75) is 51.4 Å². The molecule has 0 unspecified atom stereocenters. The Morgan fingerprint density at radius 3 is 2.62 bits per heavy atom. The molecular formula is C23H24FN3O2. The summed E-state index contributed by atoms with van der Waals surface area (Å²) in [6.07, 6.45) is 13.0. The Balaban J connectivity index is 1.52. The van der Waals surface area contributed by atoms with Crippen LogP contribution >= 0.6 is 0 Å². The Kier molecular flexibility index (Phi) is 7.07. The van der Waals surface area contributed by atoms with E-state index in [-0.39, 0.29) is 29.1 Å². The largest absolute Gasteiger partial charge is 0.426 e. The molecule has 150 valence electrons. The van der Waals surface area contributed by atoms with Gasteiger partial charge in [-0.15, -0.1) is 0 Å². The van der Waals surface area contributed by atoms with Crippen LogP contribution < -0.4 is 4.74 Å². The van der Waals surface area contributed by atoms with Crippen LogP contribution in [-0.4, -0.2) is 15.9 Å². The molecule has 1 heterocycles. The van der Waals surface area contributed by atoms with Gasteiger partial charge >= 0.3 is 5.97 Å². The number of rotatable bonds is 6. The average Bonchev–Trinajstić information content (AvgIpc) is 2.75.